The summed E-state index contributed by atoms with van der Waals surface area (Å²) in [4.78, 5) is 103. The molecule has 4 fully saturated rings. The van der Waals surface area contributed by atoms with E-state index in [4.69, 9.17) is 19.8 Å². The second kappa shape index (κ2) is 41.1. The van der Waals surface area contributed by atoms with E-state index >= 15 is 0 Å². The predicted octanol–water partition coefficient (Wildman–Crippen LogP) is 11.9. The maximum Gasteiger partial charge on any atom is 0.290 e. The Morgan fingerprint density at radius 1 is 0.349 bits per heavy atom. The summed E-state index contributed by atoms with van der Waals surface area (Å²) in [7, 11) is 0. The SMILES string of the molecule is O=C(Nc1cn([C@H]2CC[C@@H](O)C2)nc1-c1ccccn1)c1csc(-c2cn[nH]c2)n1.O=C(Nc1cn([C@H]2CC[C@@H](O)C2)nc1-c1ccccn1)c1csc(-c2cn[nH]c2)n1.O=C(Nc1cn([C@H]2CC[C@H](O)C2)nc1-c1ccccn1)c1csc(-c2cn[nH]c2)n1.O=C(Nc1cn([C@H]2CC[C@H](O)C2)nc1-c1ccccn1)c1csc(-c2cn[nH]c2)n1.O=CO.O=CO. The molecule has 0 aromatic carbocycles. The lowest BCUT2D eigenvalue weighted by atomic mass is 10.2. The molecule has 0 bridgehead atoms. The van der Waals surface area contributed by atoms with E-state index in [1.807, 2.05) is 116 Å². The Balaban J connectivity index is 0.000000127. The standard InChI is InChI=1S/4C20H19N7O2S.2CH2O2/c4*28-14-5-4-13(7-14)27-10-16(18(26-27)15-3-1-2-6-21-15)24-19(29)17-11-30-20(25-17)12-8-22-23-9-12;2*2-1-3/h4*1-3,6,8-11,13-14,28H,4-5,7H2,(H,22,23)(H,24,29);2*1H,(H,2,3)/t2*13-,14+;2*13-,14-;;/m0000../s1. The fourth-order valence-electron chi connectivity index (χ4n) is 14.4. The van der Waals surface area contributed by atoms with Gasteiger partial charge in [0.2, 0.25) is 0 Å². The lowest BCUT2D eigenvalue weighted by Crippen LogP contribution is -2.12. The topological polar surface area (TPSA) is 561 Å². The number of aliphatic hydroxyl groups excluding tert-OH is 4. The summed E-state index contributed by atoms with van der Waals surface area (Å²) in [6.07, 6.45) is 35.4. The molecule has 14 N–H and O–H groups in total. The van der Waals surface area contributed by atoms with Crippen LogP contribution >= 0.6 is 45.3 Å². The number of hydrogen-bond donors (Lipinski definition) is 14. The molecule has 4 amide bonds. The first kappa shape index (κ1) is 86.4. The molecular formula is C82H80N28O12S4. The first-order chi connectivity index (χ1) is 61.5. The Morgan fingerprint density at radius 2 is 0.571 bits per heavy atom. The van der Waals surface area contributed by atoms with Crippen molar-refractivity contribution in [3.05, 3.63) is 216 Å². The van der Waals surface area contributed by atoms with Gasteiger partial charge in [0.25, 0.3) is 36.6 Å². The van der Waals surface area contributed by atoms with Gasteiger partial charge in [-0.05, 0) is 126 Å². The molecule has 4 saturated carbocycles. The number of carbonyl (C=O) groups excluding carboxylic acids is 4. The van der Waals surface area contributed by atoms with Crippen LogP contribution in [0.25, 0.3) is 87.8 Å². The molecule has 40 nitrogen and oxygen atoms in total. The van der Waals surface area contributed by atoms with Gasteiger partial charge in [0.05, 0.1) is 119 Å². The smallest absolute Gasteiger partial charge is 0.290 e. The lowest BCUT2D eigenvalue weighted by molar-refractivity contribution is -0.123. The summed E-state index contributed by atoms with van der Waals surface area (Å²) in [5, 5.41) is 120. The molecule has 644 valence electrons. The minimum absolute atomic E-state index is 0.0973. The highest BCUT2D eigenvalue weighted by atomic mass is 32.1. The number of nitrogens with zero attached hydrogens (tertiary/aromatic N) is 20. The minimum atomic E-state index is -0.316. The third-order valence-electron chi connectivity index (χ3n) is 20.5. The molecule has 16 aromatic rings. The minimum Gasteiger partial charge on any atom is -0.483 e. The molecule has 0 spiro atoms. The maximum absolute atomic E-state index is 12.9. The molecule has 20 rings (SSSR count). The fraction of sp³-hybridized carbons (Fsp3) is 0.244. The molecule has 44 heteroatoms. The van der Waals surface area contributed by atoms with Gasteiger partial charge in [0.1, 0.15) is 65.6 Å². The number of H-pyrrole nitrogens is 4. The Labute approximate surface area is 730 Å². The molecule has 8 atom stereocenters. The highest BCUT2D eigenvalue weighted by Crippen LogP contribution is 2.40. The van der Waals surface area contributed by atoms with Gasteiger partial charge in [0, 0.05) is 118 Å². The lowest BCUT2D eigenvalue weighted by Gasteiger charge is -2.09. The van der Waals surface area contributed by atoms with Crippen LogP contribution in [0.1, 0.15) is 143 Å². The van der Waals surface area contributed by atoms with Gasteiger partial charge < -0.3 is 51.9 Å². The predicted molar refractivity (Wildman–Crippen MR) is 465 cm³/mol. The number of carboxylic acid groups (broad SMARTS) is 2. The molecule has 4 aliphatic carbocycles. The number of aromatic nitrogens is 24. The van der Waals surface area contributed by atoms with E-state index in [0.717, 1.165) is 93.7 Å². The average molecular weight is 1780 g/mol. The number of aliphatic hydroxyl groups is 4. The van der Waals surface area contributed by atoms with Crippen molar-refractivity contribution in [1.29, 1.82) is 0 Å². The average Bonchev–Trinajstić information content (AvgIpc) is 1.66. The van der Waals surface area contributed by atoms with Gasteiger partial charge >= 0.3 is 0 Å². The highest BCUT2D eigenvalue weighted by Gasteiger charge is 2.33. The Bertz CT molecular complexity index is 5480. The second-order valence-electron chi connectivity index (χ2n) is 29.0. The summed E-state index contributed by atoms with van der Waals surface area (Å²) < 4.78 is 7.31. The van der Waals surface area contributed by atoms with E-state index in [2.05, 4.69) is 122 Å². The number of nitrogens with one attached hydrogen (secondary N) is 8. The first-order valence-corrected chi connectivity index (χ1v) is 43.0. The zero-order chi connectivity index (χ0) is 87.4. The van der Waals surface area contributed by atoms with Crippen molar-refractivity contribution >= 4 is 105 Å². The molecule has 16 heterocycles. The van der Waals surface area contributed by atoms with Crippen molar-refractivity contribution in [3.8, 4) is 87.8 Å². The number of aromatic amines is 4. The van der Waals surface area contributed by atoms with Crippen LogP contribution in [-0.2, 0) is 9.59 Å². The number of hydrogen-bond acceptors (Lipinski definition) is 30. The number of carbonyl (C=O) groups is 6. The zero-order valence-corrected chi connectivity index (χ0v) is 69.7. The molecule has 0 aliphatic heterocycles. The fourth-order valence-corrected chi connectivity index (χ4v) is 17.5. The number of amides is 4. The van der Waals surface area contributed by atoms with Crippen molar-refractivity contribution in [2.45, 2.75) is 126 Å². The van der Waals surface area contributed by atoms with Crippen LogP contribution in [0.4, 0.5) is 22.7 Å². The summed E-state index contributed by atoms with van der Waals surface area (Å²) in [6, 6.07) is 22.6. The first-order valence-electron chi connectivity index (χ1n) is 39.5. The van der Waals surface area contributed by atoms with Crippen molar-refractivity contribution < 1.29 is 59.4 Å². The highest BCUT2D eigenvalue weighted by molar-refractivity contribution is 7.14. The van der Waals surface area contributed by atoms with Gasteiger partial charge in [-0.25, -0.2) is 19.9 Å². The van der Waals surface area contributed by atoms with Crippen LogP contribution in [0.3, 0.4) is 0 Å². The van der Waals surface area contributed by atoms with Crippen LogP contribution in [0.2, 0.25) is 0 Å². The van der Waals surface area contributed by atoms with Crippen LogP contribution in [0.15, 0.2) is 193 Å². The monoisotopic (exact) mass is 1780 g/mol. The van der Waals surface area contributed by atoms with Gasteiger partial charge in [-0.1, -0.05) is 24.3 Å². The Hall–Kier alpha value is -14.5. The van der Waals surface area contributed by atoms with E-state index < -0.39 is 0 Å². The third-order valence-corrected chi connectivity index (χ3v) is 24.0. The number of thiazole rings is 4. The molecule has 16 aromatic heterocycles. The molecule has 126 heavy (non-hydrogen) atoms. The molecular weight excluding hydrogens is 1700 g/mol. The van der Waals surface area contributed by atoms with Crippen LogP contribution in [0, 0.1) is 0 Å². The van der Waals surface area contributed by atoms with E-state index in [1.54, 1.807) is 95.9 Å². The summed E-state index contributed by atoms with van der Waals surface area (Å²) in [5.74, 6) is -1.26. The van der Waals surface area contributed by atoms with Crippen molar-refractivity contribution in [1.82, 2.24) is 120 Å². The largest absolute Gasteiger partial charge is 0.483 e. The van der Waals surface area contributed by atoms with E-state index in [9.17, 15) is 39.6 Å². The Kier molecular flexibility index (Phi) is 28.2. The summed E-state index contributed by atoms with van der Waals surface area (Å²) in [5.41, 5.74) is 12.0. The molecule has 0 radical (unpaired) electrons. The molecule has 0 saturated heterocycles. The van der Waals surface area contributed by atoms with Gasteiger partial charge in [-0.2, -0.15) is 40.8 Å². The maximum atomic E-state index is 12.9. The molecule has 0 unspecified atom stereocenters. The van der Waals surface area contributed by atoms with Crippen LogP contribution in [0.5, 0.6) is 0 Å². The van der Waals surface area contributed by atoms with E-state index in [0.29, 0.717) is 117 Å². The van der Waals surface area contributed by atoms with Gasteiger partial charge in [0.15, 0.2) is 0 Å². The van der Waals surface area contributed by atoms with Gasteiger partial charge in [-0.15, -0.1) is 45.3 Å². The molecule has 4 aliphatic rings. The van der Waals surface area contributed by atoms with Gasteiger partial charge in [-0.3, -0.25) is 87.8 Å². The normalized spacial score (nSPS) is 17.9. The van der Waals surface area contributed by atoms with E-state index in [-0.39, 0.29) is 85.2 Å². The zero-order valence-electron chi connectivity index (χ0n) is 66.4. The number of rotatable bonds is 20. The third kappa shape index (κ3) is 21.4. The quantitative estimate of drug-likeness (QED) is 0.0315. The second-order valence-corrected chi connectivity index (χ2v) is 32.4. The van der Waals surface area contributed by atoms with Crippen molar-refractivity contribution in [2.75, 3.05) is 21.3 Å². The summed E-state index contributed by atoms with van der Waals surface area (Å²) >= 11 is 5.52. The summed E-state index contributed by atoms with van der Waals surface area (Å²) in [6.45, 7) is -0.500. The number of pyridine rings is 4. The Morgan fingerprint density at radius 3 is 0.746 bits per heavy atom. The number of anilines is 4. The van der Waals surface area contributed by atoms with Crippen LogP contribution < -0.4 is 21.3 Å². The van der Waals surface area contributed by atoms with Crippen molar-refractivity contribution in [3.63, 3.8) is 0 Å². The van der Waals surface area contributed by atoms with E-state index in [1.165, 1.54) is 45.3 Å². The van der Waals surface area contributed by atoms with Crippen LogP contribution in [-0.4, -0.2) is 211 Å². The van der Waals surface area contributed by atoms with Crippen molar-refractivity contribution in [2.24, 2.45) is 0 Å².